The zero-order valence-electron chi connectivity index (χ0n) is 26.7. The van der Waals surface area contributed by atoms with E-state index in [4.69, 9.17) is 9.47 Å². The van der Waals surface area contributed by atoms with E-state index in [-0.39, 0.29) is 35.0 Å². The van der Waals surface area contributed by atoms with Crippen molar-refractivity contribution in [3.8, 4) is 17.2 Å². The van der Waals surface area contributed by atoms with E-state index in [0.717, 1.165) is 30.5 Å². The number of hydrogen-bond acceptors (Lipinski definition) is 7. The summed E-state index contributed by atoms with van der Waals surface area (Å²) in [6.45, 7) is 9.33. The molecule has 0 saturated heterocycles. The van der Waals surface area contributed by atoms with Crippen LogP contribution in [0.15, 0.2) is 90.3 Å². The van der Waals surface area contributed by atoms with Gasteiger partial charge in [0.2, 0.25) is 0 Å². The predicted octanol–water partition coefficient (Wildman–Crippen LogP) is 6.91. The quantitative estimate of drug-likeness (QED) is 0.151. The number of phenols is 1. The molecule has 0 spiro atoms. The minimum Gasteiger partial charge on any atom is -0.507 e. The number of nitrogens with zero attached hydrogens (tertiary/aromatic N) is 4. The highest BCUT2D eigenvalue weighted by Gasteiger charge is 2.19. The van der Waals surface area contributed by atoms with Gasteiger partial charge in [-0.2, -0.15) is 0 Å². The molecule has 0 unspecified atom stereocenters. The summed E-state index contributed by atoms with van der Waals surface area (Å²) in [6.07, 6.45) is 15.6. The number of carbonyl (C=O) groups excluding carboxylic acids is 2. The number of hydrogen-bond donors (Lipinski definition) is 1. The van der Waals surface area contributed by atoms with Crippen molar-refractivity contribution in [2.75, 3.05) is 13.7 Å². The number of amides is 1. The van der Waals surface area contributed by atoms with Crippen molar-refractivity contribution in [1.82, 2.24) is 19.9 Å². The van der Waals surface area contributed by atoms with Gasteiger partial charge in [0, 0.05) is 17.8 Å². The Bertz CT molecular complexity index is 1630. The average molecular weight is 611 g/mol. The van der Waals surface area contributed by atoms with Gasteiger partial charge in [-0.15, -0.1) is 5.10 Å². The van der Waals surface area contributed by atoms with E-state index in [9.17, 15) is 14.7 Å². The molecule has 4 rings (SSSR count). The van der Waals surface area contributed by atoms with Crippen molar-refractivity contribution in [1.29, 1.82) is 0 Å². The second kappa shape index (κ2) is 15.2. The number of ketones is 1. The fraction of sp³-hybridized carbons (Fsp3) is 0.333. The maximum atomic E-state index is 13.2. The Morgan fingerprint density at radius 2 is 1.93 bits per heavy atom. The third-order valence-corrected chi connectivity index (χ3v) is 7.57. The molecule has 2 aromatic carbocycles. The molecule has 3 aromatic rings. The molecule has 0 aliphatic carbocycles. The number of aromatic nitrogens is 3. The normalized spacial score (nSPS) is 18.7. The number of ether oxygens (including phenoxy) is 2. The zero-order valence-corrected chi connectivity index (χ0v) is 26.7. The van der Waals surface area contributed by atoms with Crippen LogP contribution < -0.4 is 9.47 Å². The smallest absolute Gasteiger partial charge is 0.250 e. The standard InChI is InChI=1S/C36H42N4O5/c1-26-8-6-9-27(2)40(35(43)17-19-36(3,4)18-16-26)25-29-24-39(38-37-29)20-21-45-31-13-14-32(34(42)23-31)33(41)15-12-28-10-7-11-30(22-28)44-5/h7,9-17,19,22-24,42H,6,8,18,20-21,25H2,1-5H3/b15-12+,19-17+,26-16+,27-9+. The maximum Gasteiger partial charge on any atom is 0.250 e. The molecule has 0 radical (unpaired) electrons. The van der Waals surface area contributed by atoms with Crippen LogP contribution in [0.4, 0.5) is 0 Å². The average Bonchev–Trinajstić information content (AvgIpc) is 3.47. The van der Waals surface area contributed by atoms with Crippen molar-refractivity contribution in [3.63, 3.8) is 0 Å². The molecule has 236 valence electrons. The summed E-state index contributed by atoms with van der Waals surface area (Å²) in [5.74, 6) is 0.528. The van der Waals surface area contributed by atoms with E-state index in [1.54, 1.807) is 41.1 Å². The lowest BCUT2D eigenvalue weighted by molar-refractivity contribution is -0.124. The highest BCUT2D eigenvalue weighted by Crippen LogP contribution is 2.27. The summed E-state index contributed by atoms with van der Waals surface area (Å²) in [4.78, 5) is 27.6. The van der Waals surface area contributed by atoms with E-state index in [0.29, 0.717) is 30.3 Å². The fourth-order valence-corrected chi connectivity index (χ4v) is 4.75. The second-order valence-corrected chi connectivity index (χ2v) is 11.9. The van der Waals surface area contributed by atoms with Crippen molar-refractivity contribution < 1.29 is 24.2 Å². The molecule has 0 saturated carbocycles. The molecule has 0 fully saturated rings. The molecule has 9 nitrogen and oxygen atoms in total. The van der Waals surface area contributed by atoms with Crippen molar-refractivity contribution in [3.05, 3.63) is 107 Å². The first kappa shape index (κ1) is 33.0. The summed E-state index contributed by atoms with van der Waals surface area (Å²) in [7, 11) is 1.58. The topological polar surface area (TPSA) is 107 Å². The Balaban J connectivity index is 1.34. The first-order chi connectivity index (χ1) is 21.5. The van der Waals surface area contributed by atoms with Crippen LogP contribution in [0.2, 0.25) is 0 Å². The number of rotatable bonds is 10. The summed E-state index contributed by atoms with van der Waals surface area (Å²) < 4.78 is 12.7. The number of carbonyl (C=O) groups is 2. The lowest BCUT2D eigenvalue weighted by Gasteiger charge is -2.23. The Hall–Kier alpha value is -4.92. The Morgan fingerprint density at radius 1 is 1.11 bits per heavy atom. The van der Waals surface area contributed by atoms with E-state index in [1.165, 1.54) is 23.8 Å². The Morgan fingerprint density at radius 3 is 2.71 bits per heavy atom. The molecule has 9 heteroatoms. The highest BCUT2D eigenvalue weighted by atomic mass is 16.5. The van der Waals surface area contributed by atoms with Crippen molar-refractivity contribution in [2.24, 2.45) is 5.41 Å². The van der Waals surface area contributed by atoms with Gasteiger partial charge in [-0.1, -0.05) is 61.1 Å². The Labute approximate surface area is 265 Å². The van der Waals surface area contributed by atoms with Gasteiger partial charge in [-0.25, -0.2) is 4.68 Å². The molecular weight excluding hydrogens is 568 g/mol. The number of allylic oxidation sites excluding steroid dienone is 6. The fourth-order valence-electron chi connectivity index (χ4n) is 4.75. The van der Waals surface area contributed by atoms with Gasteiger partial charge < -0.3 is 19.5 Å². The van der Waals surface area contributed by atoms with Gasteiger partial charge in [-0.05, 0) is 74.4 Å². The van der Waals surface area contributed by atoms with Crippen LogP contribution in [-0.4, -0.2) is 50.4 Å². The molecule has 1 aliphatic heterocycles. The van der Waals surface area contributed by atoms with Crippen molar-refractivity contribution >= 4 is 17.8 Å². The molecule has 1 amide bonds. The van der Waals surface area contributed by atoms with Crippen LogP contribution >= 0.6 is 0 Å². The number of aromatic hydroxyl groups is 1. The van der Waals surface area contributed by atoms with Crippen molar-refractivity contribution in [2.45, 2.75) is 60.0 Å². The minimum atomic E-state index is -0.330. The minimum absolute atomic E-state index is 0.0893. The van der Waals surface area contributed by atoms with E-state index in [2.05, 4.69) is 43.2 Å². The van der Waals surface area contributed by atoms with Gasteiger partial charge in [0.05, 0.1) is 32.0 Å². The number of phenolic OH excluding ortho intramolecular Hbond substituents is 1. The molecular formula is C36H42N4O5. The summed E-state index contributed by atoms with van der Waals surface area (Å²) >= 11 is 0. The Kier molecular flexibility index (Phi) is 11.1. The molecule has 1 N–H and O–H groups in total. The SMILES string of the molecule is COc1cccc(/C=C/C(=O)c2ccc(OCCn3cc(CN4C(=O)/C=C/C(C)(C)C/C=C(\C)CC/C=C/4C)nn3)cc2O)c1. The molecule has 45 heavy (non-hydrogen) atoms. The van der Waals surface area contributed by atoms with Crippen LogP contribution in [0.5, 0.6) is 17.2 Å². The van der Waals surface area contributed by atoms with E-state index < -0.39 is 0 Å². The molecule has 1 aliphatic rings. The van der Waals surface area contributed by atoms with Crippen LogP contribution in [0.1, 0.15) is 68.6 Å². The third kappa shape index (κ3) is 9.79. The van der Waals surface area contributed by atoms with Crippen LogP contribution in [0.3, 0.4) is 0 Å². The highest BCUT2D eigenvalue weighted by molar-refractivity contribution is 6.08. The third-order valence-electron chi connectivity index (χ3n) is 7.57. The van der Waals surface area contributed by atoms with Crippen LogP contribution in [-0.2, 0) is 17.9 Å². The van der Waals surface area contributed by atoms with E-state index >= 15 is 0 Å². The summed E-state index contributed by atoms with van der Waals surface area (Å²) in [5.41, 5.74) is 3.75. The summed E-state index contributed by atoms with van der Waals surface area (Å²) in [5, 5.41) is 19.0. The second-order valence-electron chi connectivity index (χ2n) is 11.9. The number of methoxy groups -OCH3 is 1. The van der Waals surface area contributed by atoms with Gasteiger partial charge in [0.25, 0.3) is 5.91 Å². The van der Waals surface area contributed by atoms with Crippen LogP contribution in [0.25, 0.3) is 6.08 Å². The van der Waals surface area contributed by atoms with Gasteiger partial charge in [0.15, 0.2) is 5.78 Å². The maximum absolute atomic E-state index is 13.2. The molecule has 2 heterocycles. The van der Waals surface area contributed by atoms with Gasteiger partial charge >= 0.3 is 0 Å². The lowest BCUT2D eigenvalue weighted by atomic mass is 9.87. The number of benzene rings is 2. The first-order valence-corrected chi connectivity index (χ1v) is 15.1. The van der Waals surface area contributed by atoms with Gasteiger partial charge in [0.1, 0.15) is 29.5 Å². The predicted molar refractivity (Wildman–Crippen MR) is 175 cm³/mol. The largest absolute Gasteiger partial charge is 0.507 e. The summed E-state index contributed by atoms with van der Waals surface area (Å²) in [6, 6.07) is 11.9. The zero-order chi connectivity index (χ0) is 32.4. The van der Waals surface area contributed by atoms with Gasteiger partial charge in [-0.3, -0.25) is 9.59 Å². The molecule has 0 atom stereocenters. The van der Waals surface area contributed by atoms with E-state index in [1.807, 2.05) is 37.3 Å². The molecule has 0 bridgehead atoms. The first-order valence-electron chi connectivity index (χ1n) is 15.1. The van der Waals surface area contributed by atoms with Crippen LogP contribution in [0, 0.1) is 5.41 Å². The molecule has 1 aromatic heterocycles. The monoisotopic (exact) mass is 610 g/mol. The lowest BCUT2D eigenvalue weighted by Crippen LogP contribution is -2.28.